The quantitative estimate of drug-likeness (QED) is 0.765. The lowest BCUT2D eigenvalue weighted by molar-refractivity contribution is 0.0943. The number of rotatable bonds is 7. The molecule has 20 heavy (non-hydrogen) atoms. The van der Waals surface area contributed by atoms with Gasteiger partial charge in [-0.1, -0.05) is 12.1 Å². The number of nitrogens with one attached hydrogen (secondary N) is 1. The molecule has 0 aliphatic heterocycles. The number of phenolic OH excluding ortho intramolecular Hbond substituents is 1. The molecule has 0 saturated heterocycles. The Labute approximate surface area is 116 Å². The van der Waals surface area contributed by atoms with Gasteiger partial charge in [-0.25, -0.2) is 8.78 Å². The maximum Gasteiger partial charge on any atom is 0.251 e. The Kier molecular flexibility index (Phi) is 4.74. The number of fused-ring (bicyclic) bond motifs is 1. The van der Waals surface area contributed by atoms with Crippen molar-refractivity contribution in [2.24, 2.45) is 0 Å². The fraction of sp³-hybridized carbons (Fsp3) is 0.333. The second-order valence-electron chi connectivity index (χ2n) is 4.70. The van der Waals surface area contributed by atoms with Crippen LogP contribution in [0, 0.1) is 0 Å². The number of alkyl halides is 2. The van der Waals surface area contributed by atoms with Gasteiger partial charge in [-0.15, -0.1) is 6.58 Å². The van der Waals surface area contributed by atoms with Crippen molar-refractivity contribution in [3.05, 3.63) is 42.6 Å². The van der Waals surface area contributed by atoms with E-state index in [4.69, 9.17) is 0 Å². The molecule has 1 heterocycles. The minimum Gasteiger partial charge on any atom is -0.507 e. The zero-order valence-electron chi connectivity index (χ0n) is 11.1. The van der Waals surface area contributed by atoms with Crippen molar-refractivity contribution in [2.75, 3.05) is 19.6 Å². The van der Waals surface area contributed by atoms with Crippen molar-refractivity contribution in [2.45, 2.75) is 12.8 Å². The highest BCUT2D eigenvalue weighted by molar-refractivity contribution is 5.88. The molecule has 1 aromatic carbocycles. The van der Waals surface area contributed by atoms with Crippen LogP contribution >= 0.6 is 0 Å². The molecule has 0 amide bonds. The zero-order chi connectivity index (χ0) is 14.5. The second-order valence-corrected chi connectivity index (χ2v) is 4.70. The summed E-state index contributed by atoms with van der Waals surface area (Å²) in [6.07, 6.45) is 1.68. The first-order valence-corrected chi connectivity index (χ1v) is 6.51. The lowest BCUT2D eigenvalue weighted by atomic mass is 10.1. The average molecular weight is 280 g/mol. The van der Waals surface area contributed by atoms with Crippen molar-refractivity contribution in [1.82, 2.24) is 9.88 Å². The van der Waals surface area contributed by atoms with E-state index in [-0.39, 0.29) is 12.3 Å². The summed E-state index contributed by atoms with van der Waals surface area (Å²) in [5, 5.41) is 10.7. The standard InChI is InChI=1S/C15H18F2N2O/c1-2-7-19(10-14(16)17)8-6-11-9-18-12-4-3-5-13(20)15(11)12/h2-5,9,14,18,20H,1,6-8,10H2. The molecule has 0 saturated carbocycles. The molecule has 0 aliphatic carbocycles. The Bertz CT molecular complexity index is 580. The van der Waals surface area contributed by atoms with Crippen molar-refractivity contribution >= 4 is 10.9 Å². The SMILES string of the molecule is C=CCN(CCc1c[nH]c2cccc(O)c12)CC(F)F. The molecule has 2 rings (SSSR count). The van der Waals surface area contributed by atoms with Crippen LogP contribution in [0.5, 0.6) is 5.75 Å². The van der Waals surface area contributed by atoms with Crippen LogP contribution in [0.2, 0.25) is 0 Å². The van der Waals surface area contributed by atoms with E-state index >= 15 is 0 Å². The Balaban J connectivity index is 2.09. The number of hydrogen-bond acceptors (Lipinski definition) is 2. The largest absolute Gasteiger partial charge is 0.507 e. The molecule has 0 spiro atoms. The van der Waals surface area contributed by atoms with Crippen LogP contribution in [0.4, 0.5) is 8.78 Å². The lowest BCUT2D eigenvalue weighted by Gasteiger charge is -2.19. The van der Waals surface area contributed by atoms with Gasteiger partial charge in [0.1, 0.15) is 5.75 Å². The number of benzene rings is 1. The fourth-order valence-corrected chi connectivity index (χ4v) is 2.35. The van der Waals surface area contributed by atoms with E-state index in [2.05, 4.69) is 11.6 Å². The first kappa shape index (κ1) is 14.5. The smallest absolute Gasteiger partial charge is 0.251 e. The van der Waals surface area contributed by atoms with E-state index in [9.17, 15) is 13.9 Å². The number of aromatic amines is 1. The molecule has 2 N–H and O–H groups in total. The highest BCUT2D eigenvalue weighted by Gasteiger charge is 2.13. The summed E-state index contributed by atoms with van der Waals surface area (Å²) < 4.78 is 24.9. The van der Waals surface area contributed by atoms with Crippen LogP contribution in [0.25, 0.3) is 10.9 Å². The maximum atomic E-state index is 12.5. The number of hydrogen-bond donors (Lipinski definition) is 2. The molecule has 0 bridgehead atoms. The summed E-state index contributed by atoms with van der Waals surface area (Å²) in [6.45, 7) is 4.25. The minimum absolute atomic E-state index is 0.211. The van der Waals surface area contributed by atoms with Gasteiger partial charge in [0.25, 0.3) is 6.43 Å². The number of halogens is 2. The summed E-state index contributed by atoms with van der Waals surface area (Å²) in [5.74, 6) is 0.211. The third-order valence-corrected chi connectivity index (χ3v) is 3.25. The zero-order valence-corrected chi connectivity index (χ0v) is 11.1. The first-order valence-electron chi connectivity index (χ1n) is 6.51. The maximum absolute atomic E-state index is 12.5. The third-order valence-electron chi connectivity index (χ3n) is 3.25. The molecule has 1 aromatic heterocycles. The number of aromatic hydroxyl groups is 1. The van der Waals surface area contributed by atoms with Gasteiger partial charge in [0.05, 0.1) is 6.54 Å². The van der Waals surface area contributed by atoms with Crippen molar-refractivity contribution < 1.29 is 13.9 Å². The summed E-state index contributed by atoms with van der Waals surface area (Å²) in [7, 11) is 0. The number of H-pyrrole nitrogens is 1. The van der Waals surface area contributed by atoms with Gasteiger partial charge in [-0.3, -0.25) is 4.90 Å². The molecule has 5 heteroatoms. The van der Waals surface area contributed by atoms with E-state index in [0.717, 1.165) is 16.5 Å². The molecule has 2 aromatic rings. The lowest BCUT2D eigenvalue weighted by Crippen LogP contribution is -2.31. The van der Waals surface area contributed by atoms with Gasteiger partial charge < -0.3 is 10.1 Å². The molecular formula is C15H18F2N2O. The normalized spacial score (nSPS) is 11.6. The van der Waals surface area contributed by atoms with E-state index in [1.165, 1.54) is 0 Å². The predicted molar refractivity (Wildman–Crippen MR) is 76.3 cm³/mol. The second kappa shape index (κ2) is 6.52. The molecular weight excluding hydrogens is 262 g/mol. The van der Waals surface area contributed by atoms with Crippen LogP contribution in [-0.4, -0.2) is 41.1 Å². The Morgan fingerprint density at radius 3 is 2.90 bits per heavy atom. The van der Waals surface area contributed by atoms with Crippen LogP contribution in [0.15, 0.2) is 37.1 Å². The number of aromatic nitrogens is 1. The number of phenols is 1. The predicted octanol–water partition coefficient (Wildman–Crippen LogP) is 3.17. The molecule has 0 unspecified atom stereocenters. The molecule has 3 nitrogen and oxygen atoms in total. The molecule has 0 fully saturated rings. The summed E-state index contributed by atoms with van der Waals surface area (Å²) in [4.78, 5) is 4.73. The summed E-state index contributed by atoms with van der Waals surface area (Å²) in [6, 6.07) is 5.26. The highest BCUT2D eigenvalue weighted by atomic mass is 19.3. The topological polar surface area (TPSA) is 39.3 Å². The van der Waals surface area contributed by atoms with Crippen LogP contribution in [0.3, 0.4) is 0 Å². The van der Waals surface area contributed by atoms with Gasteiger partial charge in [-0.05, 0) is 24.1 Å². The Morgan fingerprint density at radius 1 is 1.40 bits per heavy atom. The van der Waals surface area contributed by atoms with Gasteiger partial charge >= 0.3 is 0 Å². The van der Waals surface area contributed by atoms with Gasteiger partial charge in [0.2, 0.25) is 0 Å². The fourth-order valence-electron chi connectivity index (χ4n) is 2.35. The minimum atomic E-state index is -2.36. The van der Waals surface area contributed by atoms with Crippen LogP contribution < -0.4 is 0 Å². The summed E-state index contributed by atoms with van der Waals surface area (Å²) in [5.41, 5.74) is 1.78. The molecule has 0 aliphatic rings. The van der Waals surface area contributed by atoms with E-state index in [1.54, 1.807) is 23.1 Å². The highest BCUT2D eigenvalue weighted by Crippen LogP contribution is 2.27. The van der Waals surface area contributed by atoms with Gasteiger partial charge in [-0.2, -0.15) is 0 Å². The third kappa shape index (κ3) is 3.36. The summed E-state index contributed by atoms with van der Waals surface area (Å²) >= 11 is 0. The van der Waals surface area contributed by atoms with E-state index in [0.29, 0.717) is 19.5 Å². The van der Waals surface area contributed by atoms with E-state index < -0.39 is 6.43 Å². The van der Waals surface area contributed by atoms with Crippen molar-refractivity contribution in [3.63, 3.8) is 0 Å². The Morgan fingerprint density at radius 2 is 2.20 bits per heavy atom. The number of nitrogens with zero attached hydrogens (tertiary/aromatic N) is 1. The molecule has 0 radical (unpaired) electrons. The average Bonchev–Trinajstić information content (AvgIpc) is 2.80. The van der Waals surface area contributed by atoms with Gasteiger partial charge in [0, 0.05) is 30.2 Å². The van der Waals surface area contributed by atoms with Crippen LogP contribution in [0.1, 0.15) is 5.56 Å². The van der Waals surface area contributed by atoms with E-state index in [1.807, 2.05) is 12.3 Å². The van der Waals surface area contributed by atoms with Crippen molar-refractivity contribution in [3.8, 4) is 5.75 Å². The van der Waals surface area contributed by atoms with Crippen LogP contribution in [-0.2, 0) is 6.42 Å². The molecule has 108 valence electrons. The van der Waals surface area contributed by atoms with Gasteiger partial charge in [0.15, 0.2) is 0 Å². The van der Waals surface area contributed by atoms with Crippen molar-refractivity contribution in [1.29, 1.82) is 0 Å². The molecule has 0 atom stereocenters. The Hall–Kier alpha value is -1.88. The first-order chi connectivity index (χ1) is 9.61. The monoisotopic (exact) mass is 280 g/mol.